The first-order chi connectivity index (χ1) is 8.26. The molecular weight excluding hydrogens is 218 g/mol. The molecule has 5 heteroatoms. The van der Waals surface area contributed by atoms with Crippen LogP contribution in [0.25, 0.3) is 0 Å². The van der Waals surface area contributed by atoms with Crippen molar-refractivity contribution < 1.29 is 9.94 Å². The molecule has 0 saturated heterocycles. The summed E-state index contributed by atoms with van der Waals surface area (Å²) >= 11 is 0. The Morgan fingerprint density at radius 1 is 1.41 bits per heavy atom. The maximum atomic E-state index is 8.36. The Kier molecular flexibility index (Phi) is 5.71. The lowest BCUT2D eigenvalue weighted by atomic mass is 10.2. The summed E-state index contributed by atoms with van der Waals surface area (Å²) in [5, 5.41) is 14.5. The van der Waals surface area contributed by atoms with Crippen LogP contribution in [-0.2, 0) is 0 Å². The molecule has 0 aliphatic carbocycles. The van der Waals surface area contributed by atoms with E-state index in [9.17, 15) is 0 Å². The van der Waals surface area contributed by atoms with Crippen LogP contribution in [0.3, 0.4) is 0 Å². The van der Waals surface area contributed by atoms with E-state index in [4.69, 9.17) is 15.7 Å². The Morgan fingerprint density at radius 2 is 2.12 bits per heavy atom. The minimum absolute atomic E-state index is 0.262. The summed E-state index contributed by atoms with van der Waals surface area (Å²) < 4.78 is 5.34. The number of nitrogens with one attached hydrogen (secondary N) is 1. The van der Waals surface area contributed by atoms with Gasteiger partial charge in [0, 0.05) is 18.7 Å². The van der Waals surface area contributed by atoms with E-state index in [1.54, 1.807) is 0 Å². The van der Waals surface area contributed by atoms with E-state index >= 15 is 0 Å². The number of ether oxygens (including phenoxy) is 1. The Balaban J connectivity index is 2.27. The summed E-state index contributed by atoms with van der Waals surface area (Å²) in [5.74, 6) is 1.13. The summed E-state index contributed by atoms with van der Waals surface area (Å²) in [6.45, 7) is 3.41. The Morgan fingerprint density at radius 3 is 2.71 bits per heavy atom. The van der Waals surface area contributed by atoms with Gasteiger partial charge in [0.1, 0.15) is 11.6 Å². The second kappa shape index (κ2) is 7.38. The smallest absolute Gasteiger partial charge is 0.139 e. The van der Waals surface area contributed by atoms with E-state index in [0.29, 0.717) is 13.0 Å². The molecule has 0 aliphatic heterocycles. The van der Waals surface area contributed by atoms with Gasteiger partial charge in [0.25, 0.3) is 0 Å². The maximum Gasteiger partial charge on any atom is 0.139 e. The molecule has 0 aromatic heterocycles. The van der Waals surface area contributed by atoms with Crippen LogP contribution in [0.5, 0.6) is 5.75 Å². The number of nitrogens with two attached hydrogens (primary N) is 1. The third kappa shape index (κ3) is 5.10. The van der Waals surface area contributed by atoms with Gasteiger partial charge in [-0.2, -0.15) is 0 Å². The zero-order valence-electron chi connectivity index (χ0n) is 10.0. The van der Waals surface area contributed by atoms with Crippen LogP contribution in [-0.4, -0.2) is 24.2 Å². The molecule has 5 nitrogen and oxygen atoms in total. The lowest BCUT2D eigenvalue weighted by Gasteiger charge is -2.07. The number of oxime groups is 1. The van der Waals surface area contributed by atoms with Crippen molar-refractivity contribution in [3.63, 3.8) is 0 Å². The number of anilines is 1. The molecule has 0 saturated carbocycles. The largest absolute Gasteiger partial charge is 0.494 e. The molecule has 0 radical (unpaired) electrons. The van der Waals surface area contributed by atoms with Gasteiger partial charge in [0.15, 0.2) is 0 Å². The number of hydrogen-bond donors (Lipinski definition) is 3. The first-order valence-electron chi connectivity index (χ1n) is 5.69. The molecule has 0 heterocycles. The van der Waals surface area contributed by atoms with Gasteiger partial charge < -0.3 is 21.0 Å². The number of hydrogen-bond acceptors (Lipinski definition) is 4. The summed E-state index contributed by atoms with van der Waals surface area (Å²) in [6.07, 6.45) is 1.41. The first-order valence-corrected chi connectivity index (χ1v) is 5.69. The summed E-state index contributed by atoms with van der Waals surface area (Å²) in [4.78, 5) is 0. The summed E-state index contributed by atoms with van der Waals surface area (Å²) in [6, 6.07) is 7.79. The van der Waals surface area contributed by atoms with Gasteiger partial charge in [-0.3, -0.25) is 0 Å². The van der Waals surface area contributed by atoms with Crippen LogP contribution in [0.1, 0.15) is 19.8 Å². The highest BCUT2D eigenvalue weighted by atomic mass is 16.5. The Hall–Kier alpha value is -1.91. The topological polar surface area (TPSA) is 79.9 Å². The molecule has 4 N–H and O–H groups in total. The standard InChI is InChI=1S/C12H19N3O2/c1-2-17-11-7-5-10(6-8-11)14-9-3-4-12(13)15-16/h5-8,14,16H,2-4,9H2,1H3,(H2,13,15). The molecule has 0 spiro atoms. The zero-order valence-corrected chi connectivity index (χ0v) is 10.0. The SMILES string of the molecule is CCOc1ccc(NCCCC(N)=NO)cc1. The van der Waals surface area contributed by atoms with Crippen LogP contribution in [0.15, 0.2) is 29.4 Å². The second-order valence-electron chi connectivity index (χ2n) is 3.58. The van der Waals surface area contributed by atoms with Gasteiger partial charge in [-0.1, -0.05) is 5.16 Å². The van der Waals surface area contributed by atoms with E-state index < -0.39 is 0 Å². The predicted octanol–water partition coefficient (Wildman–Crippen LogP) is 2.02. The summed E-state index contributed by atoms with van der Waals surface area (Å²) in [7, 11) is 0. The van der Waals surface area contributed by atoms with Crippen LogP contribution in [0, 0.1) is 0 Å². The fraction of sp³-hybridized carbons (Fsp3) is 0.417. The van der Waals surface area contributed by atoms with Crippen molar-refractivity contribution >= 4 is 11.5 Å². The van der Waals surface area contributed by atoms with Crippen molar-refractivity contribution in [3.8, 4) is 5.75 Å². The predicted molar refractivity (Wildman–Crippen MR) is 68.7 cm³/mol. The van der Waals surface area contributed by atoms with E-state index in [-0.39, 0.29) is 5.84 Å². The van der Waals surface area contributed by atoms with E-state index in [2.05, 4.69) is 10.5 Å². The van der Waals surface area contributed by atoms with Gasteiger partial charge >= 0.3 is 0 Å². The average Bonchev–Trinajstić information content (AvgIpc) is 2.36. The molecule has 1 aromatic carbocycles. The monoisotopic (exact) mass is 237 g/mol. The number of amidine groups is 1. The number of benzene rings is 1. The molecule has 0 unspecified atom stereocenters. The van der Waals surface area contributed by atoms with Gasteiger partial charge in [0.05, 0.1) is 6.61 Å². The van der Waals surface area contributed by atoms with Crippen molar-refractivity contribution in [1.29, 1.82) is 0 Å². The van der Waals surface area contributed by atoms with Crippen LogP contribution in [0.2, 0.25) is 0 Å². The average molecular weight is 237 g/mol. The Labute approximate surface area is 101 Å². The highest BCUT2D eigenvalue weighted by molar-refractivity contribution is 5.79. The molecule has 0 atom stereocenters. The van der Waals surface area contributed by atoms with Crippen molar-refractivity contribution in [2.75, 3.05) is 18.5 Å². The lowest BCUT2D eigenvalue weighted by molar-refractivity contribution is 0.316. The molecular formula is C12H19N3O2. The molecule has 0 aliphatic rings. The second-order valence-corrected chi connectivity index (χ2v) is 3.58. The maximum absolute atomic E-state index is 8.36. The quantitative estimate of drug-likeness (QED) is 0.223. The highest BCUT2D eigenvalue weighted by Crippen LogP contribution is 2.15. The Bertz CT molecular complexity index is 349. The molecule has 17 heavy (non-hydrogen) atoms. The molecule has 0 fully saturated rings. The molecule has 0 amide bonds. The van der Waals surface area contributed by atoms with Crippen molar-refractivity contribution in [2.24, 2.45) is 10.9 Å². The van der Waals surface area contributed by atoms with Gasteiger partial charge in [-0.05, 0) is 37.6 Å². The van der Waals surface area contributed by atoms with Crippen LogP contribution in [0.4, 0.5) is 5.69 Å². The lowest BCUT2D eigenvalue weighted by Crippen LogP contribution is -2.13. The molecule has 94 valence electrons. The van der Waals surface area contributed by atoms with Crippen molar-refractivity contribution in [2.45, 2.75) is 19.8 Å². The summed E-state index contributed by atoms with van der Waals surface area (Å²) in [5.41, 5.74) is 6.40. The molecule has 1 aromatic rings. The number of nitrogens with zero attached hydrogens (tertiary/aromatic N) is 1. The van der Waals surface area contributed by atoms with Crippen LogP contribution >= 0.6 is 0 Å². The molecule has 0 bridgehead atoms. The highest BCUT2D eigenvalue weighted by Gasteiger charge is 1.96. The van der Waals surface area contributed by atoms with E-state index in [0.717, 1.165) is 24.4 Å². The zero-order chi connectivity index (χ0) is 12.5. The normalized spacial score (nSPS) is 11.2. The van der Waals surface area contributed by atoms with Gasteiger partial charge in [-0.15, -0.1) is 0 Å². The van der Waals surface area contributed by atoms with Gasteiger partial charge in [-0.25, -0.2) is 0 Å². The van der Waals surface area contributed by atoms with E-state index in [1.807, 2.05) is 31.2 Å². The minimum Gasteiger partial charge on any atom is -0.494 e. The van der Waals surface area contributed by atoms with Gasteiger partial charge in [0.2, 0.25) is 0 Å². The molecule has 1 rings (SSSR count). The van der Waals surface area contributed by atoms with Crippen molar-refractivity contribution in [1.82, 2.24) is 0 Å². The van der Waals surface area contributed by atoms with Crippen LogP contribution < -0.4 is 15.8 Å². The first kappa shape index (κ1) is 13.2. The third-order valence-corrected chi connectivity index (χ3v) is 2.23. The fourth-order valence-corrected chi connectivity index (χ4v) is 1.39. The fourth-order valence-electron chi connectivity index (χ4n) is 1.39. The minimum atomic E-state index is 0.262. The van der Waals surface area contributed by atoms with Crippen molar-refractivity contribution in [3.05, 3.63) is 24.3 Å². The third-order valence-electron chi connectivity index (χ3n) is 2.23. The van der Waals surface area contributed by atoms with E-state index in [1.165, 1.54) is 0 Å². The number of rotatable bonds is 7.